The minimum absolute atomic E-state index is 0.0183. The molecule has 1 aromatic heterocycles. The van der Waals surface area contributed by atoms with Crippen molar-refractivity contribution in [2.75, 3.05) is 7.11 Å². The number of hydrogen-bond acceptors (Lipinski definition) is 5. The molecule has 0 saturated carbocycles. The molecule has 6 nitrogen and oxygen atoms in total. The molecule has 0 bridgehead atoms. The topological polar surface area (TPSA) is 81.1 Å². The monoisotopic (exact) mass is 277 g/mol. The van der Waals surface area contributed by atoms with Crippen LogP contribution in [0.3, 0.4) is 0 Å². The van der Waals surface area contributed by atoms with Gasteiger partial charge in [-0.15, -0.1) is 0 Å². The summed E-state index contributed by atoms with van der Waals surface area (Å²) in [5.41, 5.74) is 1.10. The second-order valence-electron chi connectivity index (χ2n) is 3.80. The van der Waals surface area contributed by atoms with Crippen molar-refractivity contribution in [1.29, 1.82) is 0 Å². The average Bonchev–Trinajstić information content (AvgIpc) is 2.38. The van der Waals surface area contributed by atoms with Crippen LogP contribution in [0.2, 0.25) is 0 Å². The largest absolute Gasteiger partial charge is 0.378 e. The summed E-state index contributed by atoms with van der Waals surface area (Å²) < 4.78 is 5.37. The number of aromatic amines is 1. The Morgan fingerprint density at radius 2 is 2.21 bits per heavy atom. The smallest absolute Gasteiger partial charge is 0.280 e. The molecule has 0 saturated heterocycles. The molecular weight excluding hydrogens is 266 g/mol. The summed E-state index contributed by atoms with van der Waals surface area (Å²) in [5.74, 6) is 0.367. The Balaban J connectivity index is 2.59. The maximum Gasteiger partial charge on any atom is 0.280 e. The fourth-order valence-electron chi connectivity index (χ4n) is 1.70. The highest BCUT2D eigenvalue weighted by Gasteiger charge is 2.16. The van der Waals surface area contributed by atoms with E-state index in [1.165, 1.54) is 6.07 Å². The van der Waals surface area contributed by atoms with E-state index in [4.69, 9.17) is 17.0 Å². The van der Waals surface area contributed by atoms with Gasteiger partial charge in [0.1, 0.15) is 10.5 Å². The third kappa shape index (κ3) is 3.01. The van der Waals surface area contributed by atoms with Gasteiger partial charge in [0.05, 0.1) is 17.1 Å². The Morgan fingerprint density at radius 1 is 1.47 bits per heavy atom. The third-order valence-electron chi connectivity index (χ3n) is 2.45. The van der Waals surface area contributed by atoms with Crippen LogP contribution in [0.5, 0.6) is 0 Å². The molecule has 1 heterocycles. The van der Waals surface area contributed by atoms with Gasteiger partial charge in [0.25, 0.3) is 5.69 Å². The Hall–Kier alpha value is -2.12. The first-order valence-corrected chi connectivity index (χ1v) is 5.85. The molecule has 0 radical (unpaired) electrons. The van der Waals surface area contributed by atoms with Crippen molar-refractivity contribution < 1.29 is 9.66 Å². The van der Waals surface area contributed by atoms with E-state index in [2.05, 4.69) is 9.97 Å². The van der Waals surface area contributed by atoms with Crippen LogP contribution in [0, 0.1) is 14.8 Å². The van der Waals surface area contributed by atoms with Crippen molar-refractivity contribution in [3.05, 3.63) is 50.8 Å². The lowest BCUT2D eigenvalue weighted by molar-refractivity contribution is -0.384. The lowest BCUT2D eigenvalue weighted by Gasteiger charge is -2.05. The molecule has 0 aliphatic rings. The molecule has 0 amide bonds. The Morgan fingerprint density at radius 3 is 2.89 bits per heavy atom. The predicted molar refractivity (Wildman–Crippen MR) is 72.2 cm³/mol. The van der Waals surface area contributed by atoms with E-state index in [1.807, 2.05) is 0 Å². The van der Waals surface area contributed by atoms with Gasteiger partial charge in [-0.05, 0) is 12.1 Å². The molecule has 0 unspecified atom stereocenters. The van der Waals surface area contributed by atoms with Crippen LogP contribution in [0.25, 0.3) is 11.4 Å². The van der Waals surface area contributed by atoms with Crippen LogP contribution in [0.4, 0.5) is 5.69 Å². The zero-order valence-electron chi connectivity index (χ0n) is 10.1. The number of ether oxygens (including phenoxy) is 1. The summed E-state index contributed by atoms with van der Waals surface area (Å²) in [6.45, 7) is 0.333. The molecule has 2 aromatic rings. The van der Waals surface area contributed by atoms with Crippen molar-refractivity contribution in [3.8, 4) is 11.4 Å². The summed E-state index contributed by atoms with van der Waals surface area (Å²) in [6, 6.07) is 8.04. The number of nitrogens with zero attached hydrogens (tertiary/aromatic N) is 2. The lowest BCUT2D eigenvalue weighted by Crippen LogP contribution is -2.00. The molecule has 1 aromatic carbocycles. The van der Waals surface area contributed by atoms with Gasteiger partial charge in [0.15, 0.2) is 0 Å². The summed E-state index contributed by atoms with van der Waals surface area (Å²) in [7, 11) is 1.56. The number of aromatic nitrogens is 2. The number of nitro groups is 1. The van der Waals surface area contributed by atoms with Crippen molar-refractivity contribution >= 4 is 17.9 Å². The molecule has 0 atom stereocenters. The van der Waals surface area contributed by atoms with Gasteiger partial charge in [-0.3, -0.25) is 10.1 Å². The van der Waals surface area contributed by atoms with E-state index in [1.54, 1.807) is 31.4 Å². The summed E-state index contributed by atoms with van der Waals surface area (Å²) in [6.07, 6.45) is 0. The fourth-order valence-corrected chi connectivity index (χ4v) is 1.94. The highest BCUT2D eigenvalue weighted by atomic mass is 32.1. The Bertz CT molecular complexity index is 669. The number of para-hydroxylation sites is 1. The molecule has 0 fully saturated rings. The maximum atomic E-state index is 11.0. The number of methoxy groups -OCH3 is 1. The first-order valence-electron chi connectivity index (χ1n) is 5.45. The number of nitro benzene ring substituents is 1. The van der Waals surface area contributed by atoms with Crippen molar-refractivity contribution in [2.24, 2.45) is 0 Å². The minimum Gasteiger partial charge on any atom is -0.378 e. The van der Waals surface area contributed by atoms with E-state index in [9.17, 15) is 10.1 Å². The molecule has 2 rings (SSSR count). The van der Waals surface area contributed by atoms with Crippen molar-refractivity contribution in [1.82, 2.24) is 9.97 Å². The summed E-state index contributed by atoms with van der Waals surface area (Å²) in [4.78, 5) is 17.7. The quantitative estimate of drug-likeness (QED) is 0.528. The van der Waals surface area contributed by atoms with E-state index in [0.717, 1.165) is 5.69 Å². The fraction of sp³-hybridized carbons (Fsp3) is 0.167. The van der Waals surface area contributed by atoms with Crippen LogP contribution < -0.4 is 0 Å². The second-order valence-corrected chi connectivity index (χ2v) is 4.22. The molecule has 0 aliphatic heterocycles. The van der Waals surface area contributed by atoms with Gasteiger partial charge in [0, 0.05) is 18.9 Å². The molecule has 98 valence electrons. The normalized spacial score (nSPS) is 10.4. The van der Waals surface area contributed by atoms with Crippen molar-refractivity contribution in [3.63, 3.8) is 0 Å². The number of hydrogen-bond donors (Lipinski definition) is 1. The van der Waals surface area contributed by atoms with Gasteiger partial charge < -0.3 is 9.72 Å². The summed E-state index contributed by atoms with van der Waals surface area (Å²) >= 11 is 5.05. The van der Waals surface area contributed by atoms with Crippen molar-refractivity contribution in [2.45, 2.75) is 6.61 Å². The summed E-state index contributed by atoms with van der Waals surface area (Å²) in [5, 5.41) is 11.0. The predicted octanol–water partition coefficient (Wildman–Crippen LogP) is 2.86. The van der Waals surface area contributed by atoms with Gasteiger partial charge in [-0.25, -0.2) is 4.98 Å². The minimum atomic E-state index is -0.448. The lowest BCUT2D eigenvalue weighted by atomic mass is 10.1. The van der Waals surface area contributed by atoms with E-state index in [0.29, 0.717) is 22.6 Å². The second kappa shape index (κ2) is 5.68. The van der Waals surface area contributed by atoms with Gasteiger partial charge in [-0.1, -0.05) is 24.4 Å². The standard InChI is InChI=1S/C12H11N3O3S/c1-18-7-8-6-11(19)14-12(13-8)9-4-2-3-5-10(9)15(16)17/h2-6H,7H2,1H3,(H,13,14,19). The van der Waals surface area contributed by atoms with Crippen LogP contribution in [0.1, 0.15) is 5.69 Å². The first kappa shape index (κ1) is 13.3. The Labute approximate surface area is 114 Å². The molecule has 0 aliphatic carbocycles. The maximum absolute atomic E-state index is 11.0. The average molecular weight is 277 g/mol. The number of H-pyrrole nitrogens is 1. The van der Waals surface area contributed by atoms with Crippen LogP contribution in [-0.4, -0.2) is 22.0 Å². The van der Waals surface area contributed by atoms with E-state index in [-0.39, 0.29) is 5.69 Å². The Kier molecular flexibility index (Phi) is 3.98. The van der Waals surface area contributed by atoms with Crippen LogP contribution in [-0.2, 0) is 11.3 Å². The van der Waals surface area contributed by atoms with E-state index < -0.39 is 4.92 Å². The zero-order chi connectivity index (χ0) is 13.8. The SMILES string of the molecule is COCc1cc(=S)nc(-c2ccccc2[N+](=O)[O-])[nH]1. The number of nitrogens with one attached hydrogen (secondary N) is 1. The van der Waals surface area contributed by atoms with Crippen LogP contribution >= 0.6 is 12.2 Å². The van der Waals surface area contributed by atoms with Gasteiger partial charge >= 0.3 is 0 Å². The number of rotatable bonds is 4. The molecule has 1 N–H and O–H groups in total. The number of benzene rings is 1. The zero-order valence-corrected chi connectivity index (χ0v) is 10.9. The molecule has 0 spiro atoms. The highest BCUT2D eigenvalue weighted by Crippen LogP contribution is 2.26. The van der Waals surface area contributed by atoms with E-state index >= 15 is 0 Å². The molecular formula is C12H11N3O3S. The van der Waals surface area contributed by atoms with Gasteiger partial charge in [-0.2, -0.15) is 0 Å². The molecule has 7 heteroatoms. The van der Waals surface area contributed by atoms with Gasteiger partial charge in [0.2, 0.25) is 0 Å². The molecule has 19 heavy (non-hydrogen) atoms. The highest BCUT2D eigenvalue weighted by molar-refractivity contribution is 7.71. The third-order valence-corrected chi connectivity index (χ3v) is 2.66. The van der Waals surface area contributed by atoms with Crippen LogP contribution in [0.15, 0.2) is 30.3 Å². The first-order chi connectivity index (χ1) is 9.11.